The zero-order chi connectivity index (χ0) is 59.1. The number of hydrogen-bond donors (Lipinski definition) is 4. The molecular weight excluding hydrogens is 1100 g/mol. The van der Waals surface area contributed by atoms with E-state index in [9.17, 15) is 46.2 Å². The molecule has 4 aromatic carbocycles. The number of hydrogen-bond acceptors (Lipinski definition) is 11. The number of piperidine rings is 1. The summed E-state index contributed by atoms with van der Waals surface area (Å²) in [6.07, 6.45) is 16.3. The van der Waals surface area contributed by atoms with Crippen LogP contribution < -0.4 is 18.9 Å². The molecule has 0 bridgehead atoms. The number of benzene rings is 4. The first-order valence-electron chi connectivity index (χ1n) is 28.4. The highest BCUT2D eigenvalue weighted by molar-refractivity contribution is 7.88. The minimum atomic E-state index is -3.98. The van der Waals surface area contributed by atoms with Gasteiger partial charge in [0.1, 0.15) is 11.5 Å². The fraction of sp³-hybridized carbons (Fsp3) is 0.419. The number of rotatable bonds is 13. The first-order chi connectivity index (χ1) is 39.7. The summed E-state index contributed by atoms with van der Waals surface area (Å²) in [4.78, 5) is 54.5. The molecule has 0 spiro atoms. The number of nitrogens with one attached hydrogen (secondary N) is 2. The van der Waals surface area contributed by atoms with Gasteiger partial charge >= 0.3 is 26.4 Å². The number of likely N-dealkylation sites (tertiary alicyclic amines) is 1. The average molecular weight is 1170 g/mol. The Kier molecular flexibility index (Phi) is 17.1. The summed E-state index contributed by atoms with van der Waals surface area (Å²) in [7, 11) is 0.675. The number of nitrogens with zero attached hydrogens (tertiary/aromatic N) is 5. The molecule has 1 saturated heterocycles. The molecule has 2 saturated carbocycles. The van der Waals surface area contributed by atoms with Crippen LogP contribution in [0.4, 0.5) is 0 Å². The van der Waals surface area contributed by atoms with E-state index in [2.05, 4.69) is 20.1 Å². The highest BCUT2D eigenvalue weighted by atomic mass is 32.2. The molecule has 6 aromatic rings. The Bertz CT molecular complexity index is 3840. The number of carboxylic acids is 1. The lowest BCUT2D eigenvalue weighted by Gasteiger charge is -2.32. The SMILES string of the molecule is COc1ccc2c(c1)C=C(C(=O)N1CCC(CO)CC1)Cn1c-2c(C2CCCCC2)c2ccc(C(=O)NS(=O)(=O)N(C)C)cc21.COc1ccc2c(c1)C=C(C(=O)O)Cn1c-2c(C2CCCCC2)c2ccc(C(=O)NS(=O)(=O)N(C)C)cc21. The molecule has 2 aliphatic carbocycles. The number of aliphatic carboxylic acids is 1. The number of carbonyl (C=O) groups is 4. The topological polar surface area (TPSA) is 239 Å². The maximum Gasteiger partial charge on any atom is 0.333 e. The smallest absolute Gasteiger partial charge is 0.333 e. The molecule has 4 N–H and O–H groups in total. The van der Waals surface area contributed by atoms with Crippen molar-refractivity contribution in [1.82, 2.24) is 32.1 Å². The highest BCUT2D eigenvalue weighted by Gasteiger charge is 2.35. The Balaban J connectivity index is 0.000000188. The average Bonchev–Trinajstić information content (AvgIpc) is 1.78. The molecule has 21 heteroatoms. The third kappa shape index (κ3) is 11.8. The van der Waals surface area contributed by atoms with Gasteiger partial charge in [0.15, 0.2) is 0 Å². The third-order valence-electron chi connectivity index (χ3n) is 17.2. The van der Waals surface area contributed by atoms with E-state index in [1.54, 1.807) is 44.6 Å². The minimum absolute atomic E-state index is 0.0416. The standard InChI is InChI=1S/C34H42N4O6S.C28H31N3O6S/c1-36(2)45(42,43)35-33(40)24-9-11-29-30(19-24)38-20-26(34(41)37-15-13-22(21-39)14-16-37)17-25-18-27(44-3)10-12-28(25)32(38)31(29)23-7-5-4-6-8-23;1-30(2)38(35,36)29-27(32)18-9-11-23-24(15-18)31-16-20(28(33)34)13-19-14-21(37-3)10-12-22(19)26(31)25(23)17-7-5-4-6-8-17/h9-12,17-19,22-23,39H,4-8,13-16,20-21H2,1-3H3,(H,35,40);9-15,17H,4-8,16H2,1-3H3,(H,29,32)(H,33,34). The molecular formula is C62H73N7O12S2. The zero-order valence-corrected chi connectivity index (χ0v) is 49.5. The van der Waals surface area contributed by atoms with Crippen LogP contribution in [0.1, 0.15) is 132 Å². The Labute approximate surface area is 484 Å². The first-order valence-corrected chi connectivity index (χ1v) is 31.3. The number of fused-ring (bicyclic) bond motifs is 10. The van der Waals surface area contributed by atoms with Crippen molar-refractivity contribution in [3.8, 4) is 34.0 Å². The molecule has 3 aliphatic heterocycles. The van der Waals surface area contributed by atoms with E-state index in [0.717, 1.165) is 128 Å². The molecule has 2 aromatic heterocycles. The maximum absolute atomic E-state index is 14.1. The lowest BCUT2D eigenvalue weighted by Crippen LogP contribution is -2.40. The van der Waals surface area contributed by atoms with E-state index in [1.807, 2.05) is 58.0 Å². The summed E-state index contributed by atoms with van der Waals surface area (Å²) >= 11 is 0. The summed E-state index contributed by atoms with van der Waals surface area (Å²) in [6.45, 7) is 1.71. The molecule has 0 unspecified atom stereocenters. The van der Waals surface area contributed by atoms with Crippen LogP contribution in [-0.2, 0) is 43.1 Å². The molecule has 19 nitrogen and oxygen atoms in total. The highest BCUT2D eigenvalue weighted by Crippen LogP contribution is 2.49. The molecule has 3 amide bonds. The predicted octanol–water partition coefficient (Wildman–Crippen LogP) is 8.91. The van der Waals surface area contributed by atoms with Crippen LogP contribution in [0, 0.1) is 5.92 Å². The molecule has 11 rings (SSSR count). The van der Waals surface area contributed by atoms with Crippen molar-refractivity contribution in [1.29, 1.82) is 0 Å². The van der Waals surface area contributed by atoms with Crippen molar-refractivity contribution in [3.63, 3.8) is 0 Å². The van der Waals surface area contributed by atoms with Crippen molar-refractivity contribution >= 4 is 78.1 Å². The van der Waals surface area contributed by atoms with Gasteiger partial charge in [0.05, 0.1) is 44.3 Å². The summed E-state index contributed by atoms with van der Waals surface area (Å²) in [5.74, 6) is -0.380. The lowest BCUT2D eigenvalue weighted by molar-refractivity contribution is -0.132. The number of amides is 3. The number of carboxylic acid groups (broad SMARTS) is 1. The van der Waals surface area contributed by atoms with Crippen molar-refractivity contribution < 1.29 is 55.7 Å². The van der Waals surface area contributed by atoms with Crippen molar-refractivity contribution in [2.45, 2.75) is 102 Å². The van der Waals surface area contributed by atoms with Crippen LogP contribution >= 0.6 is 0 Å². The Morgan fingerprint density at radius 1 is 0.578 bits per heavy atom. The number of aliphatic hydroxyl groups is 1. The lowest BCUT2D eigenvalue weighted by atomic mass is 9.81. The van der Waals surface area contributed by atoms with Crippen molar-refractivity contribution in [2.75, 3.05) is 62.1 Å². The van der Waals surface area contributed by atoms with Crippen LogP contribution in [-0.4, -0.2) is 135 Å². The van der Waals surface area contributed by atoms with Gasteiger partial charge in [-0.3, -0.25) is 14.4 Å². The van der Waals surface area contributed by atoms with E-state index in [4.69, 9.17) is 9.47 Å². The molecule has 83 heavy (non-hydrogen) atoms. The largest absolute Gasteiger partial charge is 0.497 e. The molecule has 3 fully saturated rings. The molecule has 5 aliphatic rings. The van der Waals surface area contributed by atoms with Gasteiger partial charge in [-0.1, -0.05) is 50.7 Å². The van der Waals surface area contributed by atoms with E-state index >= 15 is 0 Å². The molecule has 0 atom stereocenters. The number of aromatic nitrogens is 2. The summed E-state index contributed by atoms with van der Waals surface area (Å²) in [5.41, 5.74) is 10.6. The second-order valence-corrected chi connectivity index (χ2v) is 26.5. The predicted molar refractivity (Wildman–Crippen MR) is 320 cm³/mol. The summed E-state index contributed by atoms with van der Waals surface area (Å²) in [6, 6.07) is 22.2. The normalized spacial score (nSPS) is 17.0. The molecule has 5 heterocycles. The van der Waals surface area contributed by atoms with Gasteiger partial charge < -0.3 is 33.7 Å². The van der Waals surface area contributed by atoms with Crippen molar-refractivity contribution in [2.24, 2.45) is 5.92 Å². The summed E-state index contributed by atoms with van der Waals surface area (Å²) < 4.78 is 70.8. The number of aliphatic hydroxyl groups excluding tert-OH is 1. The number of ether oxygens (including phenoxy) is 2. The minimum Gasteiger partial charge on any atom is -0.497 e. The molecule has 440 valence electrons. The van der Waals surface area contributed by atoms with Gasteiger partial charge in [-0.05, 0) is 151 Å². The van der Waals surface area contributed by atoms with E-state index < -0.39 is 38.2 Å². The van der Waals surface area contributed by atoms with E-state index in [0.29, 0.717) is 48.1 Å². The number of methoxy groups -OCH3 is 2. The quantitative estimate of drug-likeness (QED) is 0.0848. The fourth-order valence-corrected chi connectivity index (χ4v) is 13.8. The van der Waals surface area contributed by atoms with Crippen LogP contribution in [0.15, 0.2) is 83.9 Å². The van der Waals surface area contributed by atoms with Gasteiger partial charge in [0.25, 0.3) is 17.7 Å². The maximum atomic E-state index is 14.1. The third-order valence-corrected chi connectivity index (χ3v) is 20.0. The monoisotopic (exact) mass is 1170 g/mol. The Morgan fingerprint density at radius 3 is 1.40 bits per heavy atom. The zero-order valence-electron chi connectivity index (χ0n) is 47.9. The van der Waals surface area contributed by atoms with Crippen molar-refractivity contribution in [3.05, 3.63) is 117 Å². The Hall–Kier alpha value is -7.30. The van der Waals surface area contributed by atoms with Crippen LogP contribution in [0.5, 0.6) is 11.5 Å². The Morgan fingerprint density at radius 2 is 1.00 bits per heavy atom. The van der Waals surface area contributed by atoms with Gasteiger partial charge in [-0.15, -0.1) is 0 Å². The second kappa shape index (κ2) is 24.1. The van der Waals surface area contributed by atoms with Crippen LogP contribution in [0.2, 0.25) is 0 Å². The van der Waals surface area contributed by atoms with Crippen LogP contribution in [0.25, 0.3) is 56.5 Å². The summed E-state index contributed by atoms with van der Waals surface area (Å²) in [5, 5.41) is 21.6. The molecule has 0 radical (unpaired) electrons. The number of carbonyl (C=O) groups excluding carboxylic acids is 3. The second-order valence-electron chi connectivity index (χ2n) is 22.7. The van der Waals surface area contributed by atoms with Gasteiger partial charge in [0.2, 0.25) is 0 Å². The van der Waals surface area contributed by atoms with Gasteiger partial charge in [-0.25, -0.2) is 14.2 Å². The van der Waals surface area contributed by atoms with Gasteiger partial charge in [-0.2, -0.15) is 25.4 Å². The fourth-order valence-electron chi connectivity index (χ4n) is 12.7. The van der Waals surface area contributed by atoms with Crippen LogP contribution in [0.3, 0.4) is 0 Å². The van der Waals surface area contributed by atoms with E-state index in [1.165, 1.54) is 46.6 Å². The van der Waals surface area contributed by atoms with E-state index in [-0.39, 0.29) is 47.6 Å². The first kappa shape index (κ1) is 58.9. The van der Waals surface area contributed by atoms with Gasteiger partial charge in [0, 0.05) is 97.5 Å².